The summed E-state index contributed by atoms with van der Waals surface area (Å²) in [6, 6.07) is 0. The third-order valence-electron chi connectivity index (χ3n) is 1.78. The molecule has 2 nitrogen and oxygen atoms in total. The first-order chi connectivity index (χ1) is 4.83. The van der Waals surface area contributed by atoms with E-state index in [1.165, 1.54) is 5.57 Å². The first kappa shape index (κ1) is 11.0. The number of hydrogen-bond donors (Lipinski definition) is 1. The Hall–Kier alpha value is -0.0500. The van der Waals surface area contributed by atoms with Crippen LogP contribution >= 0.6 is 12.4 Å². The molecule has 0 unspecified atom stereocenters. The van der Waals surface area contributed by atoms with Gasteiger partial charge in [-0.1, -0.05) is 11.6 Å². The topological polar surface area (TPSA) is 21.3 Å². The van der Waals surface area contributed by atoms with Gasteiger partial charge in [-0.3, -0.25) is 0 Å². The van der Waals surface area contributed by atoms with Crippen molar-refractivity contribution in [2.75, 3.05) is 19.7 Å². The Morgan fingerprint density at radius 2 is 2.27 bits per heavy atom. The first-order valence-electron chi connectivity index (χ1n) is 3.77. The van der Waals surface area contributed by atoms with Gasteiger partial charge in [-0.05, 0) is 13.8 Å². The summed E-state index contributed by atoms with van der Waals surface area (Å²) < 4.78 is 5.50. The summed E-state index contributed by atoms with van der Waals surface area (Å²) >= 11 is 0. The largest absolute Gasteiger partial charge is 0.371 e. The number of hydrogen-bond acceptors (Lipinski definition) is 2. The third-order valence-corrected chi connectivity index (χ3v) is 1.78. The fourth-order valence-corrected chi connectivity index (χ4v) is 0.713. The lowest BCUT2D eigenvalue weighted by atomic mass is 10.2. The summed E-state index contributed by atoms with van der Waals surface area (Å²) in [5, 5.41) is 3.16. The highest BCUT2D eigenvalue weighted by Crippen LogP contribution is 2.01. The van der Waals surface area contributed by atoms with E-state index in [9.17, 15) is 0 Å². The normalized spacial score (nSPS) is 18.9. The molecule has 1 saturated heterocycles. The average Bonchev–Trinajstić information content (AvgIpc) is 1.84. The molecule has 0 atom stereocenters. The maximum Gasteiger partial charge on any atom is 0.0827 e. The summed E-state index contributed by atoms with van der Waals surface area (Å²) in [6.45, 7) is 6.97. The minimum absolute atomic E-state index is 0. The quantitative estimate of drug-likeness (QED) is 0.658. The van der Waals surface area contributed by atoms with E-state index in [0.717, 1.165) is 19.7 Å². The van der Waals surface area contributed by atoms with E-state index >= 15 is 0 Å². The van der Waals surface area contributed by atoms with Crippen LogP contribution in [0.1, 0.15) is 13.8 Å². The molecule has 0 aliphatic carbocycles. The third kappa shape index (κ3) is 3.75. The van der Waals surface area contributed by atoms with Crippen molar-refractivity contribution >= 4 is 12.4 Å². The van der Waals surface area contributed by atoms with Gasteiger partial charge in [-0.15, -0.1) is 12.4 Å². The van der Waals surface area contributed by atoms with E-state index in [1.807, 2.05) is 6.92 Å². The van der Waals surface area contributed by atoms with Crippen molar-refractivity contribution < 1.29 is 4.74 Å². The van der Waals surface area contributed by atoms with Crippen molar-refractivity contribution in [1.82, 2.24) is 5.32 Å². The number of rotatable bonds is 3. The van der Waals surface area contributed by atoms with Gasteiger partial charge in [0.25, 0.3) is 0 Å². The zero-order chi connectivity index (χ0) is 7.40. The molecule has 11 heavy (non-hydrogen) atoms. The van der Waals surface area contributed by atoms with Crippen molar-refractivity contribution in [3.05, 3.63) is 11.6 Å². The van der Waals surface area contributed by atoms with E-state index in [2.05, 4.69) is 18.3 Å². The Morgan fingerprint density at radius 1 is 1.64 bits per heavy atom. The molecule has 1 rings (SSSR count). The Morgan fingerprint density at radius 3 is 2.64 bits per heavy atom. The molecule has 0 amide bonds. The molecule has 1 heterocycles. The van der Waals surface area contributed by atoms with Crippen LogP contribution in [0.3, 0.4) is 0 Å². The molecule has 3 heteroatoms. The fourth-order valence-electron chi connectivity index (χ4n) is 0.713. The van der Waals surface area contributed by atoms with Crippen LogP contribution in [0.25, 0.3) is 0 Å². The zero-order valence-corrected chi connectivity index (χ0v) is 7.91. The molecule has 0 bridgehead atoms. The monoisotopic (exact) mass is 177 g/mol. The van der Waals surface area contributed by atoms with Gasteiger partial charge in [-0.2, -0.15) is 0 Å². The Labute approximate surface area is 74.4 Å². The first-order valence-corrected chi connectivity index (χ1v) is 3.77. The molecule has 1 N–H and O–H groups in total. The highest BCUT2D eigenvalue weighted by molar-refractivity contribution is 5.85. The summed E-state index contributed by atoms with van der Waals surface area (Å²) in [5.41, 5.74) is 1.31. The Kier molecular flexibility index (Phi) is 5.56. The lowest BCUT2D eigenvalue weighted by molar-refractivity contribution is 0.0326. The lowest BCUT2D eigenvalue weighted by Gasteiger charge is -2.27. The maximum atomic E-state index is 5.50. The molecule has 0 aromatic rings. The molecule has 1 aliphatic rings. The van der Waals surface area contributed by atoms with Gasteiger partial charge in [0, 0.05) is 13.1 Å². The predicted molar refractivity (Wildman–Crippen MR) is 49.3 cm³/mol. The smallest absolute Gasteiger partial charge is 0.0827 e. The fraction of sp³-hybridized carbons (Fsp3) is 0.750. The summed E-state index contributed by atoms with van der Waals surface area (Å²) in [4.78, 5) is 0. The number of halogens is 1. The molecule has 1 aliphatic heterocycles. The molecule has 1 fully saturated rings. The van der Waals surface area contributed by atoms with E-state index in [4.69, 9.17) is 4.74 Å². The van der Waals surface area contributed by atoms with Crippen LogP contribution in [-0.4, -0.2) is 25.8 Å². The van der Waals surface area contributed by atoms with Crippen LogP contribution < -0.4 is 5.32 Å². The molecule has 0 aromatic carbocycles. The van der Waals surface area contributed by atoms with Gasteiger partial charge in [0.2, 0.25) is 0 Å². The van der Waals surface area contributed by atoms with Crippen LogP contribution in [0.4, 0.5) is 0 Å². The van der Waals surface area contributed by atoms with Crippen LogP contribution in [-0.2, 0) is 4.74 Å². The van der Waals surface area contributed by atoms with Gasteiger partial charge in [-0.25, -0.2) is 0 Å². The lowest BCUT2D eigenvalue weighted by Crippen LogP contribution is -2.48. The van der Waals surface area contributed by atoms with E-state index in [1.54, 1.807) is 0 Å². The highest BCUT2D eigenvalue weighted by Gasteiger charge is 2.16. The number of ether oxygens (including phenoxy) is 1. The van der Waals surface area contributed by atoms with Crippen LogP contribution in [0.5, 0.6) is 0 Å². The molecular weight excluding hydrogens is 162 g/mol. The second-order valence-electron chi connectivity index (χ2n) is 2.73. The molecule has 0 aromatic heterocycles. The van der Waals surface area contributed by atoms with Crippen molar-refractivity contribution in [2.45, 2.75) is 20.0 Å². The average molecular weight is 178 g/mol. The minimum Gasteiger partial charge on any atom is -0.371 e. The summed E-state index contributed by atoms with van der Waals surface area (Å²) in [5.74, 6) is 0. The van der Waals surface area contributed by atoms with Gasteiger partial charge >= 0.3 is 0 Å². The number of allylic oxidation sites excluding steroid dienone is 1. The second kappa shape index (κ2) is 5.58. The molecular formula is C8H16ClNO. The Balaban J connectivity index is 0.000001000. The molecule has 0 spiro atoms. The summed E-state index contributed by atoms with van der Waals surface area (Å²) in [6.07, 6.45) is 2.56. The van der Waals surface area contributed by atoms with E-state index < -0.39 is 0 Å². The number of nitrogens with one attached hydrogen (secondary N) is 1. The standard InChI is InChI=1S/C8H15NO.ClH/c1-3-7(2)6-10-8-4-9-5-8;/h3,8-9H,4-6H2,1-2H3;1H. The van der Waals surface area contributed by atoms with Gasteiger partial charge < -0.3 is 10.1 Å². The van der Waals surface area contributed by atoms with E-state index in [0.29, 0.717) is 6.10 Å². The van der Waals surface area contributed by atoms with Crippen LogP contribution in [0, 0.1) is 0 Å². The maximum absolute atomic E-state index is 5.50. The highest BCUT2D eigenvalue weighted by atomic mass is 35.5. The molecule has 0 radical (unpaired) electrons. The van der Waals surface area contributed by atoms with Crippen molar-refractivity contribution in [3.63, 3.8) is 0 Å². The van der Waals surface area contributed by atoms with Gasteiger partial charge in [0.15, 0.2) is 0 Å². The van der Waals surface area contributed by atoms with Crippen LogP contribution in [0.15, 0.2) is 11.6 Å². The van der Waals surface area contributed by atoms with Crippen LogP contribution in [0.2, 0.25) is 0 Å². The van der Waals surface area contributed by atoms with E-state index in [-0.39, 0.29) is 12.4 Å². The summed E-state index contributed by atoms with van der Waals surface area (Å²) in [7, 11) is 0. The van der Waals surface area contributed by atoms with Gasteiger partial charge in [0.05, 0.1) is 12.7 Å². The predicted octanol–water partition coefficient (Wildman–Crippen LogP) is 1.36. The second-order valence-corrected chi connectivity index (χ2v) is 2.73. The Bertz CT molecular complexity index is 132. The van der Waals surface area contributed by atoms with Gasteiger partial charge in [0.1, 0.15) is 0 Å². The van der Waals surface area contributed by atoms with Crippen molar-refractivity contribution in [3.8, 4) is 0 Å². The molecule has 66 valence electrons. The molecule has 0 saturated carbocycles. The minimum atomic E-state index is 0. The van der Waals surface area contributed by atoms with Crippen molar-refractivity contribution in [1.29, 1.82) is 0 Å². The zero-order valence-electron chi connectivity index (χ0n) is 7.09. The SMILES string of the molecule is CC=C(C)COC1CNC1.Cl. The van der Waals surface area contributed by atoms with Crippen molar-refractivity contribution in [2.24, 2.45) is 0 Å².